The average molecular weight is 246 g/mol. The van der Waals surface area contributed by atoms with Crippen LogP contribution in [0.25, 0.3) is 0 Å². The number of ether oxygens (including phenoxy) is 1. The number of carbonyl (C=O) groups is 1. The number of fused-ring (bicyclic) bond motifs is 1. The van der Waals surface area contributed by atoms with Crippen LogP contribution in [-0.4, -0.2) is 24.7 Å². The Morgan fingerprint density at radius 1 is 1.44 bits per heavy atom. The van der Waals surface area contributed by atoms with Gasteiger partial charge in [-0.2, -0.15) is 0 Å². The van der Waals surface area contributed by atoms with Crippen molar-refractivity contribution in [2.75, 3.05) is 13.1 Å². The summed E-state index contributed by atoms with van der Waals surface area (Å²) in [5, 5.41) is 6.34. The van der Waals surface area contributed by atoms with Crippen molar-refractivity contribution in [3.63, 3.8) is 0 Å². The lowest BCUT2D eigenvalue weighted by Crippen LogP contribution is -2.48. The van der Waals surface area contributed by atoms with E-state index in [0.29, 0.717) is 12.5 Å². The van der Waals surface area contributed by atoms with Crippen LogP contribution in [0, 0.1) is 5.92 Å². The molecule has 2 aliphatic rings. The van der Waals surface area contributed by atoms with E-state index >= 15 is 0 Å². The lowest BCUT2D eigenvalue weighted by Gasteiger charge is -2.23. The van der Waals surface area contributed by atoms with Crippen LogP contribution in [0.4, 0.5) is 4.79 Å². The van der Waals surface area contributed by atoms with Gasteiger partial charge in [0.15, 0.2) is 0 Å². The third-order valence-electron chi connectivity index (χ3n) is 3.91. The summed E-state index contributed by atoms with van der Waals surface area (Å²) in [5.74, 6) is 0.642. The van der Waals surface area contributed by atoms with Crippen molar-refractivity contribution in [1.29, 1.82) is 0 Å². The molecule has 1 aliphatic heterocycles. The highest BCUT2D eigenvalue weighted by Gasteiger charge is 2.56. The van der Waals surface area contributed by atoms with Gasteiger partial charge < -0.3 is 15.4 Å². The first-order valence-electron chi connectivity index (χ1n) is 6.48. The smallest absolute Gasteiger partial charge is 0.407 e. The molecule has 3 rings (SSSR count). The Balaban J connectivity index is 1.48. The van der Waals surface area contributed by atoms with Gasteiger partial charge in [0, 0.05) is 6.54 Å². The van der Waals surface area contributed by atoms with Crippen molar-refractivity contribution in [2.24, 2.45) is 5.92 Å². The quantitative estimate of drug-likeness (QED) is 0.853. The molecule has 1 aliphatic carbocycles. The summed E-state index contributed by atoms with van der Waals surface area (Å²) in [4.78, 5) is 11.8. The minimum Gasteiger partial charge on any atom is -0.445 e. The fourth-order valence-electron chi connectivity index (χ4n) is 2.72. The highest BCUT2D eigenvalue weighted by molar-refractivity contribution is 5.69. The molecular formula is C14H18N2O2. The van der Waals surface area contributed by atoms with Crippen molar-refractivity contribution < 1.29 is 9.53 Å². The fraction of sp³-hybridized carbons (Fsp3) is 0.500. The van der Waals surface area contributed by atoms with Gasteiger partial charge in [-0.15, -0.1) is 0 Å². The molecule has 96 valence electrons. The molecule has 4 heteroatoms. The minimum atomic E-state index is -0.301. The lowest BCUT2D eigenvalue weighted by atomic mass is 10.1. The van der Waals surface area contributed by atoms with Gasteiger partial charge in [-0.3, -0.25) is 0 Å². The van der Waals surface area contributed by atoms with E-state index in [4.69, 9.17) is 4.74 Å². The first-order valence-corrected chi connectivity index (χ1v) is 6.48. The zero-order valence-electron chi connectivity index (χ0n) is 10.3. The molecule has 0 spiro atoms. The Kier molecular flexibility index (Phi) is 2.96. The van der Waals surface area contributed by atoms with E-state index in [0.717, 1.165) is 31.5 Å². The molecule has 2 atom stereocenters. The molecule has 4 nitrogen and oxygen atoms in total. The minimum absolute atomic E-state index is 0.0218. The van der Waals surface area contributed by atoms with Crippen molar-refractivity contribution in [1.82, 2.24) is 10.6 Å². The second kappa shape index (κ2) is 4.61. The van der Waals surface area contributed by atoms with Crippen LogP contribution in [0.1, 0.15) is 18.4 Å². The summed E-state index contributed by atoms with van der Waals surface area (Å²) in [5.41, 5.74) is 0.991. The van der Waals surface area contributed by atoms with Crippen LogP contribution in [0.5, 0.6) is 0 Å². The number of benzene rings is 1. The predicted molar refractivity (Wildman–Crippen MR) is 68.1 cm³/mol. The Morgan fingerprint density at radius 3 is 3.06 bits per heavy atom. The number of amides is 1. The molecule has 1 heterocycles. The zero-order valence-corrected chi connectivity index (χ0v) is 10.3. The molecule has 1 unspecified atom stereocenters. The van der Waals surface area contributed by atoms with Gasteiger partial charge in [-0.1, -0.05) is 30.3 Å². The second-order valence-corrected chi connectivity index (χ2v) is 5.21. The molecule has 2 N–H and O–H groups in total. The highest BCUT2D eigenvalue weighted by atomic mass is 16.5. The number of nitrogens with one attached hydrogen (secondary N) is 2. The van der Waals surface area contributed by atoms with E-state index in [9.17, 15) is 4.79 Å². The first-order chi connectivity index (χ1) is 8.78. The number of carbonyl (C=O) groups excluding carboxylic acids is 1. The first kappa shape index (κ1) is 11.5. The van der Waals surface area contributed by atoms with Crippen LogP contribution >= 0.6 is 0 Å². The van der Waals surface area contributed by atoms with Crippen molar-refractivity contribution in [2.45, 2.75) is 25.0 Å². The maximum absolute atomic E-state index is 11.8. The second-order valence-electron chi connectivity index (χ2n) is 5.21. The van der Waals surface area contributed by atoms with Gasteiger partial charge in [-0.25, -0.2) is 4.79 Å². The molecule has 1 aromatic rings. The van der Waals surface area contributed by atoms with Gasteiger partial charge >= 0.3 is 6.09 Å². The summed E-state index contributed by atoms with van der Waals surface area (Å²) in [7, 11) is 0. The number of alkyl carbamates (subject to hydrolysis) is 1. The lowest BCUT2D eigenvalue weighted by molar-refractivity contribution is 0.132. The van der Waals surface area contributed by atoms with E-state index in [-0.39, 0.29) is 11.6 Å². The Labute approximate surface area is 107 Å². The Bertz CT molecular complexity index is 435. The molecule has 0 aromatic heterocycles. The summed E-state index contributed by atoms with van der Waals surface area (Å²) >= 11 is 0. The number of hydrogen-bond acceptors (Lipinski definition) is 3. The van der Waals surface area contributed by atoms with Crippen LogP contribution in [0.3, 0.4) is 0 Å². The third-order valence-corrected chi connectivity index (χ3v) is 3.91. The highest BCUT2D eigenvalue weighted by Crippen LogP contribution is 2.47. The Hall–Kier alpha value is -1.55. The standard InChI is InChI=1S/C14H18N2O2/c17-13(18-9-11-4-2-1-3-5-11)16-14-8-12(14)6-7-15-10-14/h1-5,12,15H,6-10H2,(H,16,17)/t12-,14?/m0/s1. The molecule has 0 radical (unpaired) electrons. The summed E-state index contributed by atoms with van der Waals surface area (Å²) < 4.78 is 5.24. The molecule has 2 fully saturated rings. The summed E-state index contributed by atoms with van der Waals surface area (Å²) in [6.45, 7) is 2.27. The van der Waals surface area contributed by atoms with Gasteiger partial charge in [0.25, 0.3) is 0 Å². The van der Waals surface area contributed by atoms with E-state index in [1.807, 2.05) is 30.3 Å². The zero-order chi connectivity index (χ0) is 12.4. The van der Waals surface area contributed by atoms with Crippen LogP contribution in [-0.2, 0) is 11.3 Å². The summed E-state index contributed by atoms with van der Waals surface area (Å²) in [6.07, 6.45) is 1.93. The van der Waals surface area contributed by atoms with Crippen LogP contribution < -0.4 is 10.6 Å². The van der Waals surface area contributed by atoms with Crippen molar-refractivity contribution in [3.05, 3.63) is 35.9 Å². The SMILES string of the molecule is O=C(NC12CNCC[C@H]1C2)OCc1ccccc1. The van der Waals surface area contributed by atoms with E-state index in [2.05, 4.69) is 10.6 Å². The van der Waals surface area contributed by atoms with E-state index in [1.54, 1.807) is 0 Å². The maximum Gasteiger partial charge on any atom is 0.407 e. The van der Waals surface area contributed by atoms with Crippen LogP contribution in [0.15, 0.2) is 30.3 Å². The fourth-order valence-corrected chi connectivity index (χ4v) is 2.72. The van der Waals surface area contributed by atoms with Crippen molar-refractivity contribution >= 4 is 6.09 Å². The molecule has 1 saturated carbocycles. The summed E-state index contributed by atoms with van der Waals surface area (Å²) in [6, 6.07) is 9.74. The normalized spacial score (nSPS) is 29.2. The Morgan fingerprint density at radius 2 is 2.28 bits per heavy atom. The molecule has 0 bridgehead atoms. The van der Waals surface area contributed by atoms with Gasteiger partial charge in [0.1, 0.15) is 6.61 Å². The van der Waals surface area contributed by atoms with Gasteiger partial charge in [0.2, 0.25) is 0 Å². The van der Waals surface area contributed by atoms with Gasteiger partial charge in [-0.05, 0) is 30.9 Å². The van der Waals surface area contributed by atoms with E-state index < -0.39 is 0 Å². The third kappa shape index (κ3) is 2.34. The monoisotopic (exact) mass is 246 g/mol. The van der Waals surface area contributed by atoms with E-state index in [1.165, 1.54) is 0 Å². The number of rotatable bonds is 3. The predicted octanol–water partition coefficient (Wildman–Crippen LogP) is 1.66. The maximum atomic E-state index is 11.8. The van der Waals surface area contributed by atoms with Gasteiger partial charge in [0.05, 0.1) is 5.54 Å². The number of hydrogen-bond donors (Lipinski definition) is 2. The van der Waals surface area contributed by atoms with Crippen LogP contribution in [0.2, 0.25) is 0 Å². The average Bonchev–Trinajstić information content (AvgIpc) is 3.11. The molecule has 18 heavy (non-hydrogen) atoms. The molecule has 1 saturated heterocycles. The topological polar surface area (TPSA) is 50.4 Å². The molecule has 1 aromatic carbocycles. The molecular weight excluding hydrogens is 228 g/mol. The number of piperidine rings is 1. The van der Waals surface area contributed by atoms with Crippen molar-refractivity contribution in [3.8, 4) is 0 Å². The largest absolute Gasteiger partial charge is 0.445 e. The molecule has 1 amide bonds.